The van der Waals surface area contributed by atoms with Gasteiger partial charge in [-0.15, -0.1) is 0 Å². The van der Waals surface area contributed by atoms with Crippen LogP contribution in [0.4, 0.5) is 4.79 Å². The van der Waals surface area contributed by atoms with Crippen LogP contribution in [-0.2, 0) is 0 Å². The SMILES string of the molecule is CCN(CC)C(=O)N(C)C. The van der Waals surface area contributed by atoms with Crippen LogP contribution in [0.15, 0.2) is 0 Å². The van der Waals surface area contributed by atoms with E-state index < -0.39 is 0 Å². The molecule has 0 spiro atoms. The molecule has 0 fully saturated rings. The van der Waals surface area contributed by atoms with Crippen molar-refractivity contribution in [3.63, 3.8) is 0 Å². The molecular formula is C7H16N2O. The molecule has 0 heterocycles. The number of urea groups is 1. The average molecular weight is 144 g/mol. The number of amides is 2. The van der Waals surface area contributed by atoms with Gasteiger partial charge in [-0.3, -0.25) is 0 Å². The first kappa shape index (κ1) is 9.27. The van der Waals surface area contributed by atoms with Crippen molar-refractivity contribution in [3.8, 4) is 0 Å². The summed E-state index contributed by atoms with van der Waals surface area (Å²) in [6, 6.07) is 0.0880. The fourth-order valence-electron chi connectivity index (χ4n) is 0.777. The number of hydrogen-bond acceptors (Lipinski definition) is 1. The number of carbonyl (C=O) groups excluding carboxylic acids is 1. The van der Waals surface area contributed by atoms with Crippen LogP contribution < -0.4 is 0 Å². The Kier molecular flexibility index (Phi) is 3.84. The van der Waals surface area contributed by atoms with Crippen molar-refractivity contribution in [2.24, 2.45) is 0 Å². The van der Waals surface area contributed by atoms with Crippen LogP contribution in [0.5, 0.6) is 0 Å². The van der Waals surface area contributed by atoms with Crippen LogP contribution in [0.25, 0.3) is 0 Å². The predicted octanol–water partition coefficient (Wildman–Crippen LogP) is 1.01. The van der Waals surface area contributed by atoms with Crippen molar-refractivity contribution in [2.75, 3.05) is 27.2 Å². The van der Waals surface area contributed by atoms with E-state index in [0.29, 0.717) is 0 Å². The molecule has 0 N–H and O–H groups in total. The van der Waals surface area contributed by atoms with Gasteiger partial charge in [0.2, 0.25) is 0 Å². The minimum absolute atomic E-state index is 0.0880. The molecule has 0 aliphatic carbocycles. The van der Waals surface area contributed by atoms with E-state index in [2.05, 4.69) is 0 Å². The van der Waals surface area contributed by atoms with Crippen LogP contribution in [0.2, 0.25) is 0 Å². The van der Waals surface area contributed by atoms with Gasteiger partial charge < -0.3 is 9.80 Å². The highest BCUT2D eigenvalue weighted by Gasteiger charge is 2.09. The molecule has 0 aliphatic heterocycles. The topological polar surface area (TPSA) is 23.6 Å². The lowest BCUT2D eigenvalue weighted by Crippen LogP contribution is -2.38. The molecule has 0 bridgehead atoms. The first-order valence-corrected chi connectivity index (χ1v) is 3.59. The molecule has 2 amide bonds. The second-order valence-corrected chi connectivity index (χ2v) is 2.35. The summed E-state index contributed by atoms with van der Waals surface area (Å²) in [7, 11) is 3.53. The second-order valence-electron chi connectivity index (χ2n) is 2.35. The van der Waals surface area contributed by atoms with Gasteiger partial charge in [-0.2, -0.15) is 0 Å². The Morgan fingerprint density at radius 2 is 1.60 bits per heavy atom. The first-order chi connectivity index (χ1) is 4.63. The first-order valence-electron chi connectivity index (χ1n) is 3.59. The van der Waals surface area contributed by atoms with Crippen LogP contribution in [-0.4, -0.2) is 43.0 Å². The Hall–Kier alpha value is -0.730. The second kappa shape index (κ2) is 4.14. The van der Waals surface area contributed by atoms with E-state index in [0.717, 1.165) is 13.1 Å². The Morgan fingerprint density at radius 3 is 1.70 bits per heavy atom. The van der Waals surface area contributed by atoms with Crippen molar-refractivity contribution < 1.29 is 4.79 Å². The molecule has 0 rings (SSSR count). The van der Waals surface area contributed by atoms with Crippen molar-refractivity contribution >= 4 is 6.03 Å². The van der Waals surface area contributed by atoms with E-state index >= 15 is 0 Å². The highest BCUT2D eigenvalue weighted by Crippen LogP contribution is 1.92. The van der Waals surface area contributed by atoms with Gasteiger partial charge in [0.15, 0.2) is 0 Å². The third-order valence-corrected chi connectivity index (χ3v) is 1.42. The van der Waals surface area contributed by atoms with Gasteiger partial charge in [0.05, 0.1) is 0 Å². The minimum Gasteiger partial charge on any atom is -0.331 e. The summed E-state index contributed by atoms with van der Waals surface area (Å²) in [5, 5.41) is 0. The summed E-state index contributed by atoms with van der Waals surface area (Å²) in [5.74, 6) is 0. The van der Waals surface area contributed by atoms with Gasteiger partial charge in [0.25, 0.3) is 0 Å². The molecule has 0 aromatic rings. The minimum atomic E-state index is 0.0880. The van der Waals surface area contributed by atoms with Crippen LogP contribution >= 0.6 is 0 Å². The summed E-state index contributed by atoms with van der Waals surface area (Å²) >= 11 is 0. The molecule has 3 heteroatoms. The van der Waals surface area contributed by atoms with Crippen LogP contribution in [0.3, 0.4) is 0 Å². The van der Waals surface area contributed by atoms with Crippen LogP contribution in [0, 0.1) is 0 Å². The third-order valence-electron chi connectivity index (χ3n) is 1.42. The van der Waals surface area contributed by atoms with Gasteiger partial charge in [0.1, 0.15) is 0 Å². The number of nitrogens with zero attached hydrogens (tertiary/aromatic N) is 2. The fourth-order valence-corrected chi connectivity index (χ4v) is 0.777. The lowest BCUT2D eigenvalue weighted by molar-refractivity contribution is 0.176. The molecule has 10 heavy (non-hydrogen) atoms. The summed E-state index contributed by atoms with van der Waals surface area (Å²) < 4.78 is 0. The van der Waals surface area contributed by atoms with Crippen molar-refractivity contribution in [3.05, 3.63) is 0 Å². The molecule has 0 radical (unpaired) electrons. The quantitative estimate of drug-likeness (QED) is 0.567. The van der Waals surface area contributed by atoms with Gasteiger partial charge in [-0.25, -0.2) is 4.79 Å². The Bertz CT molecular complexity index is 108. The van der Waals surface area contributed by atoms with Crippen LogP contribution in [0.1, 0.15) is 13.8 Å². The largest absolute Gasteiger partial charge is 0.331 e. The molecule has 3 nitrogen and oxygen atoms in total. The molecule has 0 aromatic heterocycles. The summed E-state index contributed by atoms with van der Waals surface area (Å²) in [4.78, 5) is 14.5. The fraction of sp³-hybridized carbons (Fsp3) is 0.857. The van der Waals surface area contributed by atoms with E-state index in [9.17, 15) is 4.79 Å². The highest BCUT2D eigenvalue weighted by molar-refractivity contribution is 5.73. The van der Waals surface area contributed by atoms with Gasteiger partial charge in [0, 0.05) is 27.2 Å². The van der Waals surface area contributed by atoms with Crippen molar-refractivity contribution in [1.29, 1.82) is 0 Å². The highest BCUT2D eigenvalue weighted by atomic mass is 16.2. The third kappa shape index (κ3) is 2.25. The van der Waals surface area contributed by atoms with E-state index in [1.165, 1.54) is 0 Å². The monoisotopic (exact) mass is 144 g/mol. The Morgan fingerprint density at radius 1 is 1.20 bits per heavy atom. The van der Waals surface area contributed by atoms with Gasteiger partial charge in [-0.05, 0) is 13.8 Å². The van der Waals surface area contributed by atoms with E-state index in [-0.39, 0.29) is 6.03 Å². The lowest BCUT2D eigenvalue weighted by Gasteiger charge is -2.22. The summed E-state index contributed by atoms with van der Waals surface area (Å²) in [5.41, 5.74) is 0. The number of rotatable bonds is 2. The van der Waals surface area contributed by atoms with E-state index in [4.69, 9.17) is 0 Å². The zero-order chi connectivity index (χ0) is 8.15. The predicted molar refractivity (Wildman–Crippen MR) is 42.0 cm³/mol. The molecule has 60 valence electrons. The maximum Gasteiger partial charge on any atom is 0.319 e. The van der Waals surface area contributed by atoms with E-state index in [1.54, 1.807) is 23.9 Å². The molecule has 0 saturated heterocycles. The van der Waals surface area contributed by atoms with Crippen molar-refractivity contribution in [1.82, 2.24) is 9.80 Å². The molecule has 0 aliphatic rings. The smallest absolute Gasteiger partial charge is 0.319 e. The molecule has 0 atom stereocenters. The van der Waals surface area contributed by atoms with Crippen molar-refractivity contribution in [2.45, 2.75) is 13.8 Å². The average Bonchev–Trinajstić information content (AvgIpc) is 1.90. The molecule has 0 unspecified atom stereocenters. The number of carbonyl (C=O) groups is 1. The molecule has 0 aromatic carbocycles. The molecular weight excluding hydrogens is 128 g/mol. The maximum absolute atomic E-state index is 11.2. The van der Waals surface area contributed by atoms with E-state index in [1.807, 2.05) is 13.8 Å². The Balaban J connectivity index is 3.89. The molecule has 0 saturated carbocycles. The Labute approximate surface area is 62.6 Å². The normalized spacial score (nSPS) is 9.20. The lowest BCUT2D eigenvalue weighted by atomic mass is 10.5. The van der Waals surface area contributed by atoms with Gasteiger partial charge in [-0.1, -0.05) is 0 Å². The summed E-state index contributed by atoms with van der Waals surface area (Å²) in [6.07, 6.45) is 0. The summed E-state index contributed by atoms with van der Waals surface area (Å²) in [6.45, 7) is 5.52. The number of hydrogen-bond donors (Lipinski definition) is 0. The zero-order valence-electron chi connectivity index (χ0n) is 7.22. The maximum atomic E-state index is 11.2. The van der Waals surface area contributed by atoms with Gasteiger partial charge >= 0.3 is 6.03 Å². The zero-order valence-corrected chi connectivity index (χ0v) is 7.22. The standard InChI is InChI=1S/C7H16N2O/c1-5-9(6-2)7(10)8(3)4/h5-6H2,1-4H3.